The molecule has 0 saturated heterocycles. The number of nitrogens with one attached hydrogen (secondary N) is 1. The maximum Gasteiger partial charge on any atom is 0.0485 e. The molecule has 1 fully saturated rings. The maximum atomic E-state index is 6.18. The second-order valence-electron chi connectivity index (χ2n) is 4.46. The Balaban J connectivity index is 1.99. The molecule has 3 rings (SSSR count). The highest BCUT2D eigenvalue weighted by atomic mass is 35.5. The Morgan fingerprint density at radius 2 is 1.81 bits per heavy atom. The predicted molar refractivity (Wildman–Crippen MR) is 70.2 cm³/mol. The highest BCUT2D eigenvalue weighted by Gasteiger charge is 2.20. The summed E-state index contributed by atoms with van der Waals surface area (Å²) < 4.78 is 0. The van der Waals surface area contributed by atoms with E-state index in [0.717, 1.165) is 22.9 Å². The summed E-state index contributed by atoms with van der Waals surface area (Å²) in [5.41, 5.74) is 1.20. The third-order valence-electron chi connectivity index (χ3n) is 3.15. The maximum absolute atomic E-state index is 6.18. The molecule has 0 atom stereocenters. The van der Waals surface area contributed by atoms with Gasteiger partial charge in [0.15, 0.2) is 0 Å². The molecule has 0 aromatic heterocycles. The summed E-state index contributed by atoms with van der Waals surface area (Å²) in [6, 6.07) is 12.3. The summed E-state index contributed by atoms with van der Waals surface area (Å²) in [5, 5.41) is 6.69. The second-order valence-corrected chi connectivity index (χ2v) is 4.87. The average Bonchev–Trinajstić information content (AvgIpc) is 3.13. The van der Waals surface area contributed by atoms with Crippen molar-refractivity contribution in [3.05, 3.63) is 41.4 Å². The fourth-order valence-corrected chi connectivity index (χ4v) is 2.22. The summed E-state index contributed by atoms with van der Waals surface area (Å²) in [6.45, 7) is 1.09. The fourth-order valence-electron chi connectivity index (χ4n) is 1.99. The lowest BCUT2D eigenvalue weighted by Crippen LogP contribution is -2.03. The van der Waals surface area contributed by atoms with Gasteiger partial charge in [0.2, 0.25) is 0 Å². The van der Waals surface area contributed by atoms with Crippen LogP contribution in [0, 0.1) is 5.92 Å². The van der Waals surface area contributed by atoms with E-state index in [1.54, 1.807) is 0 Å². The summed E-state index contributed by atoms with van der Waals surface area (Å²) >= 11 is 6.18. The molecule has 1 N–H and O–H groups in total. The molecule has 2 heteroatoms. The number of halogens is 1. The Kier molecular flexibility index (Phi) is 2.49. The largest absolute Gasteiger partial charge is 0.384 e. The van der Waals surface area contributed by atoms with E-state index in [9.17, 15) is 0 Å². The highest BCUT2D eigenvalue weighted by molar-refractivity contribution is 6.36. The van der Waals surface area contributed by atoms with Gasteiger partial charge in [0.25, 0.3) is 0 Å². The molecule has 0 heterocycles. The molecule has 1 aliphatic rings. The van der Waals surface area contributed by atoms with Crippen LogP contribution in [0.25, 0.3) is 10.8 Å². The van der Waals surface area contributed by atoms with E-state index >= 15 is 0 Å². The highest BCUT2D eigenvalue weighted by Crippen LogP contribution is 2.32. The lowest BCUT2D eigenvalue weighted by Gasteiger charge is -2.10. The van der Waals surface area contributed by atoms with Gasteiger partial charge < -0.3 is 5.32 Å². The minimum atomic E-state index is 0.826. The van der Waals surface area contributed by atoms with Crippen LogP contribution >= 0.6 is 11.6 Å². The Labute approximate surface area is 100 Å². The fraction of sp³-hybridized carbons (Fsp3) is 0.286. The Morgan fingerprint density at radius 1 is 1.06 bits per heavy atom. The summed E-state index contributed by atoms with van der Waals surface area (Å²) in [5.74, 6) is 0.884. The zero-order valence-electron chi connectivity index (χ0n) is 9.04. The van der Waals surface area contributed by atoms with E-state index in [4.69, 9.17) is 11.6 Å². The smallest absolute Gasteiger partial charge is 0.0485 e. The van der Waals surface area contributed by atoms with E-state index in [0.29, 0.717) is 0 Å². The van der Waals surface area contributed by atoms with Crippen molar-refractivity contribution in [3.63, 3.8) is 0 Å². The molecule has 82 valence electrons. The number of anilines is 1. The molecule has 2 aromatic rings. The normalized spacial score (nSPS) is 15.3. The molecule has 0 radical (unpaired) electrons. The number of benzene rings is 2. The van der Waals surface area contributed by atoms with Crippen LogP contribution in [0.3, 0.4) is 0 Å². The van der Waals surface area contributed by atoms with Gasteiger partial charge in [-0.15, -0.1) is 0 Å². The van der Waals surface area contributed by atoms with Crippen LogP contribution < -0.4 is 5.32 Å². The summed E-state index contributed by atoms with van der Waals surface area (Å²) in [6.07, 6.45) is 2.75. The zero-order valence-corrected chi connectivity index (χ0v) is 9.80. The number of fused-ring (bicyclic) bond motifs is 1. The van der Waals surface area contributed by atoms with Crippen molar-refractivity contribution in [2.75, 3.05) is 11.9 Å². The molecule has 0 unspecified atom stereocenters. The number of hydrogen-bond acceptors (Lipinski definition) is 1. The van der Waals surface area contributed by atoms with E-state index in [2.05, 4.69) is 29.6 Å². The lowest BCUT2D eigenvalue weighted by atomic mass is 10.1. The van der Waals surface area contributed by atoms with Crippen molar-refractivity contribution in [1.29, 1.82) is 0 Å². The first-order valence-corrected chi connectivity index (χ1v) is 6.13. The second kappa shape index (κ2) is 3.99. The first-order chi connectivity index (χ1) is 7.84. The third kappa shape index (κ3) is 1.88. The van der Waals surface area contributed by atoms with Crippen LogP contribution in [-0.4, -0.2) is 6.54 Å². The molecule has 0 aliphatic heterocycles. The van der Waals surface area contributed by atoms with Crippen LogP contribution in [0.15, 0.2) is 36.4 Å². The van der Waals surface area contributed by atoms with Crippen molar-refractivity contribution < 1.29 is 0 Å². The van der Waals surface area contributed by atoms with Gasteiger partial charge in [0.05, 0.1) is 0 Å². The molecule has 1 aliphatic carbocycles. The van der Waals surface area contributed by atoms with Crippen LogP contribution in [0.2, 0.25) is 5.02 Å². The summed E-state index contributed by atoms with van der Waals surface area (Å²) in [7, 11) is 0. The topological polar surface area (TPSA) is 12.0 Å². The van der Waals surface area contributed by atoms with Crippen LogP contribution in [0.4, 0.5) is 5.69 Å². The molecular weight excluding hydrogens is 218 g/mol. The van der Waals surface area contributed by atoms with Gasteiger partial charge in [0.1, 0.15) is 0 Å². The van der Waals surface area contributed by atoms with Crippen molar-refractivity contribution >= 4 is 28.1 Å². The van der Waals surface area contributed by atoms with Crippen LogP contribution in [-0.2, 0) is 0 Å². The van der Waals surface area contributed by atoms with Gasteiger partial charge >= 0.3 is 0 Å². The minimum Gasteiger partial charge on any atom is -0.384 e. The van der Waals surface area contributed by atoms with Crippen LogP contribution in [0.1, 0.15) is 12.8 Å². The third-order valence-corrected chi connectivity index (χ3v) is 3.48. The van der Waals surface area contributed by atoms with E-state index in [-0.39, 0.29) is 0 Å². The van der Waals surface area contributed by atoms with Crippen molar-refractivity contribution in [2.45, 2.75) is 12.8 Å². The van der Waals surface area contributed by atoms with Crippen LogP contribution in [0.5, 0.6) is 0 Å². The molecule has 0 spiro atoms. The van der Waals surface area contributed by atoms with E-state index in [1.165, 1.54) is 23.9 Å². The quantitative estimate of drug-likeness (QED) is 0.830. The van der Waals surface area contributed by atoms with Gasteiger partial charge in [0, 0.05) is 28.0 Å². The van der Waals surface area contributed by atoms with E-state index in [1.807, 2.05) is 12.1 Å². The average molecular weight is 232 g/mol. The molecule has 1 saturated carbocycles. The van der Waals surface area contributed by atoms with Crippen molar-refractivity contribution in [3.8, 4) is 0 Å². The zero-order chi connectivity index (χ0) is 11.0. The van der Waals surface area contributed by atoms with Gasteiger partial charge in [-0.25, -0.2) is 0 Å². The van der Waals surface area contributed by atoms with Gasteiger partial charge in [-0.3, -0.25) is 0 Å². The van der Waals surface area contributed by atoms with Crippen molar-refractivity contribution in [2.24, 2.45) is 5.92 Å². The molecule has 1 nitrogen and oxygen atoms in total. The number of rotatable bonds is 3. The lowest BCUT2D eigenvalue weighted by molar-refractivity contribution is 0.890. The Bertz CT molecular complexity index is 517. The van der Waals surface area contributed by atoms with E-state index < -0.39 is 0 Å². The molecule has 0 bridgehead atoms. The van der Waals surface area contributed by atoms with Gasteiger partial charge in [-0.2, -0.15) is 0 Å². The minimum absolute atomic E-state index is 0.826. The van der Waals surface area contributed by atoms with Gasteiger partial charge in [-0.05, 0) is 30.9 Å². The SMILES string of the molecule is Clc1ccc(NCC2CC2)c2ccccc12. The van der Waals surface area contributed by atoms with Crippen molar-refractivity contribution in [1.82, 2.24) is 0 Å². The first-order valence-electron chi connectivity index (χ1n) is 5.76. The monoisotopic (exact) mass is 231 g/mol. The number of hydrogen-bond donors (Lipinski definition) is 1. The predicted octanol–water partition coefficient (Wildman–Crippen LogP) is 4.32. The van der Waals surface area contributed by atoms with Gasteiger partial charge in [-0.1, -0.05) is 35.9 Å². The standard InChI is InChI=1S/C14H14ClN/c15-13-7-8-14(16-9-10-5-6-10)12-4-2-1-3-11(12)13/h1-4,7-8,10,16H,5-6,9H2. The molecular formula is C14H14ClN. The molecule has 2 aromatic carbocycles. The Hall–Kier alpha value is -1.21. The molecule has 16 heavy (non-hydrogen) atoms. The first kappa shape index (κ1) is 9.98. The molecule has 0 amide bonds. The summed E-state index contributed by atoms with van der Waals surface area (Å²) in [4.78, 5) is 0. The Morgan fingerprint density at radius 3 is 2.56 bits per heavy atom.